The Kier molecular flexibility index (Phi) is 8.14. The third-order valence-corrected chi connectivity index (χ3v) is 2.23. The van der Waals surface area contributed by atoms with Crippen molar-refractivity contribution in [1.82, 2.24) is 10.2 Å². The number of amides is 1. The van der Waals surface area contributed by atoms with Gasteiger partial charge in [-0.1, -0.05) is 13.8 Å². The normalized spacial score (nSPS) is 10.5. The van der Waals surface area contributed by atoms with E-state index in [0.29, 0.717) is 0 Å². The van der Waals surface area contributed by atoms with Crippen molar-refractivity contribution in [1.29, 1.82) is 0 Å². The van der Waals surface area contributed by atoms with E-state index >= 15 is 0 Å². The van der Waals surface area contributed by atoms with Crippen LogP contribution in [0.25, 0.3) is 0 Å². The Bertz CT molecular complexity index is 138. The van der Waals surface area contributed by atoms with Gasteiger partial charge in [0.15, 0.2) is 0 Å². The minimum absolute atomic E-state index is 0.0608. The first-order valence-corrected chi connectivity index (χ1v) is 5.33. The van der Waals surface area contributed by atoms with Crippen LogP contribution in [0.2, 0.25) is 0 Å². The maximum absolute atomic E-state index is 10.7. The summed E-state index contributed by atoms with van der Waals surface area (Å²) in [6.07, 6.45) is 0.990. The largest absolute Gasteiger partial charge is 0.355 e. The third kappa shape index (κ3) is 6.84. The number of nitrogens with one attached hydrogen (secondary N) is 1. The molecule has 0 spiro atoms. The third-order valence-electron chi connectivity index (χ3n) is 1.99. The summed E-state index contributed by atoms with van der Waals surface area (Å²) in [5, 5.41) is 2.74. The van der Waals surface area contributed by atoms with Gasteiger partial charge in [0, 0.05) is 6.54 Å². The Morgan fingerprint density at radius 2 is 2.00 bits per heavy atom. The summed E-state index contributed by atoms with van der Waals surface area (Å²) in [7, 11) is 0. The van der Waals surface area contributed by atoms with Gasteiger partial charge in [0.1, 0.15) is 5.88 Å². The van der Waals surface area contributed by atoms with Gasteiger partial charge >= 0.3 is 0 Å². The molecule has 78 valence electrons. The minimum atomic E-state index is -0.0822. The van der Waals surface area contributed by atoms with Gasteiger partial charge < -0.3 is 10.2 Å². The Labute approximate surface area is 85.4 Å². The standard InChI is InChI=1S/C9H19ClN2O/c1-3-12(4-2)7-5-6-11-9(13)8-10/h3-8H2,1-2H3,(H,11,13). The van der Waals surface area contributed by atoms with Crippen LogP contribution >= 0.6 is 11.6 Å². The lowest BCUT2D eigenvalue weighted by molar-refractivity contribution is -0.118. The first-order chi connectivity index (χ1) is 6.24. The van der Waals surface area contributed by atoms with Gasteiger partial charge in [0.2, 0.25) is 5.91 Å². The number of carbonyl (C=O) groups is 1. The van der Waals surface area contributed by atoms with Crippen molar-refractivity contribution >= 4 is 17.5 Å². The lowest BCUT2D eigenvalue weighted by atomic mass is 10.3. The number of hydrogen-bond donors (Lipinski definition) is 1. The smallest absolute Gasteiger partial charge is 0.234 e. The Morgan fingerprint density at radius 3 is 2.46 bits per heavy atom. The average molecular weight is 207 g/mol. The van der Waals surface area contributed by atoms with Crippen molar-refractivity contribution in [3.8, 4) is 0 Å². The molecule has 0 aliphatic carbocycles. The predicted octanol–water partition coefficient (Wildman–Crippen LogP) is 1.07. The quantitative estimate of drug-likeness (QED) is 0.500. The molecule has 0 aromatic heterocycles. The van der Waals surface area contributed by atoms with Gasteiger partial charge in [-0.05, 0) is 26.1 Å². The van der Waals surface area contributed by atoms with Gasteiger partial charge in [-0.15, -0.1) is 11.6 Å². The van der Waals surface area contributed by atoms with E-state index in [2.05, 4.69) is 24.1 Å². The topological polar surface area (TPSA) is 32.3 Å². The molecule has 0 atom stereocenters. The number of rotatable bonds is 7. The molecule has 0 saturated carbocycles. The second-order valence-corrected chi connectivity index (χ2v) is 3.13. The predicted molar refractivity (Wildman–Crippen MR) is 56.1 cm³/mol. The van der Waals surface area contributed by atoms with E-state index in [4.69, 9.17) is 11.6 Å². The van der Waals surface area contributed by atoms with Gasteiger partial charge in [-0.2, -0.15) is 0 Å². The zero-order valence-corrected chi connectivity index (χ0v) is 9.23. The molecule has 0 unspecified atom stereocenters. The highest BCUT2D eigenvalue weighted by Gasteiger charge is 1.99. The van der Waals surface area contributed by atoms with Crippen LogP contribution in [0.1, 0.15) is 20.3 Å². The minimum Gasteiger partial charge on any atom is -0.355 e. The lowest BCUT2D eigenvalue weighted by Crippen LogP contribution is -2.30. The Hall–Kier alpha value is -0.280. The molecule has 1 amide bonds. The zero-order chi connectivity index (χ0) is 10.1. The number of nitrogens with zero attached hydrogens (tertiary/aromatic N) is 1. The second kappa shape index (κ2) is 8.32. The van der Waals surface area contributed by atoms with Crippen LogP contribution in [-0.4, -0.2) is 42.9 Å². The molecule has 0 bridgehead atoms. The Balaban J connectivity index is 3.28. The van der Waals surface area contributed by atoms with Crippen molar-refractivity contribution in [2.45, 2.75) is 20.3 Å². The van der Waals surface area contributed by atoms with E-state index in [1.54, 1.807) is 0 Å². The molecule has 0 fully saturated rings. The summed E-state index contributed by atoms with van der Waals surface area (Å²) in [6.45, 7) is 8.18. The molecule has 0 aliphatic heterocycles. The lowest BCUT2D eigenvalue weighted by Gasteiger charge is -2.17. The van der Waals surface area contributed by atoms with E-state index in [1.807, 2.05) is 0 Å². The van der Waals surface area contributed by atoms with Crippen molar-refractivity contribution in [2.24, 2.45) is 0 Å². The van der Waals surface area contributed by atoms with Crippen LogP contribution in [0, 0.1) is 0 Å². The van der Waals surface area contributed by atoms with Crippen molar-refractivity contribution in [3.63, 3.8) is 0 Å². The highest BCUT2D eigenvalue weighted by molar-refractivity contribution is 6.27. The average Bonchev–Trinajstić information content (AvgIpc) is 2.18. The van der Waals surface area contributed by atoms with Crippen LogP contribution in [-0.2, 0) is 4.79 Å². The summed E-state index contributed by atoms with van der Waals surface area (Å²) >= 11 is 5.33. The van der Waals surface area contributed by atoms with Gasteiger partial charge in [0.25, 0.3) is 0 Å². The van der Waals surface area contributed by atoms with Crippen LogP contribution in [0.4, 0.5) is 0 Å². The maximum atomic E-state index is 10.7. The molecular formula is C9H19ClN2O. The van der Waals surface area contributed by atoms with E-state index in [9.17, 15) is 4.79 Å². The van der Waals surface area contributed by atoms with E-state index in [0.717, 1.165) is 32.6 Å². The van der Waals surface area contributed by atoms with Crippen LogP contribution < -0.4 is 5.32 Å². The zero-order valence-electron chi connectivity index (χ0n) is 8.48. The molecule has 0 aliphatic rings. The molecule has 0 aromatic rings. The number of carbonyl (C=O) groups excluding carboxylic acids is 1. The molecule has 0 radical (unpaired) electrons. The monoisotopic (exact) mass is 206 g/mol. The molecule has 0 rings (SSSR count). The fourth-order valence-corrected chi connectivity index (χ4v) is 1.21. The number of halogens is 1. The first-order valence-electron chi connectivity index (χ1n) is 4.79. The molecular weight excluding hydrogens is 188 g/mol. The maximum Gasteiger partial charge on any atom is 0.234 e. The Morgan fingerprint density at radius 1 is 1.38 bits per heavy atom. The fraction of sp³-hybridized carbons (Fsp3) is 0.889. The molecule has 0 aromatic carbocycles. The molecule has 0 saturated heterocycles. The van der Waals surface area contributed by atoms with Crippen molar-refractivity contribution in [2.75, 3.05) is 32.1 Å². The molecule has 1 N–H and O–H groups in total. The molecule has 3 nitrogen and oxygen atoms in total. The fourth-order valence-electron chi connectivity index (χ4n) is 1.12. The summed E-state index contributed by atoms with van der Waals surface area (Å²) in [4.78, 5) is 13.1. The summed E-state index contributed by atoms with van der Waals surface area (Å²) in [5.74, 6) is -0.0214. The summed E-state index contributed by atoms with van der Waals surface area (Å²) < 4.78 is 0. The van der Waals surface area contributed by atoms with Gasteiger partial charge in [-0.3, -0.25) is 4.79 Å². The molecule has 4 heteroatoms. The number of alkyl halides is 1. The highest BCUT2D eigenvalue weighted by atomic mass is 35.5. The van der Waals surface area contributed by atoms with Crippen LogP contribution in [0.3, 0.4) is 0 Å². The summed E-state index contributed by atoms with van der Waals surface area (Å²) in [5.41, 5.74) is 0. The number of hydrogen-bond acceptors (Lipinski definition) is 2. The van der Waals surface area contributed by atoms with Gasteiger partial charge in [0.05, 0.1) is 0 Å². The van der Waals surface area contributed by atoms with E-state index < -0.39 is 0 Å². The highest BCUT2D eigenvalue weighted by Crippen LogP contribution is 1.89. The van der Waals surface area contributed by atoms with Gasteiger partial charge in [-0.25, -0.2) is 0 Å². The van der Waals surface area contributed by atoms with Crippen molar-refractivity contribution in [3.05, 3.63) is 0 Å². The molecule has 13 heavy (non-hydrogen) atoms. The van der Waals surface area contributed by atoms with Crippen molar-refractivity contribution < 1.29 is 4.79 Å². The molecule has 0 heterocycles. The van der Waals surface area contributed by atoms with Crippen LogP contribution in [0.15, 0.2) is 0 Å². The SMILES string of the molecule is CCN(CC)CCCNC(=O)CCl. The second-order valence-electron chi connectivity index (χ2n) is 2.86. The first kappa shape index (κ1) is 12.7. The van der Waals surface area contributed by atoms with E-state index in [-0.39, 0.29) is 11.8 Å². The van der Waals surface area contributed by atoms with Crippen LogP contribution in [0.5, 0.6) is 0 Å². The van der Waals surface area contributed by atoms with E-state index in [1.165, 1.54) is 0 Å². The summed E-state index contributed by atoms with van der Waals surface area (Å²) in [6, 6.07) is 0.